The third kappa shape index (κ3) is 4.20. The van der Waals surface area contributed by atoms with Gasteiger partial charge in [0.15, 0.2) is 4.77 Å². The first-order chi connectivity index (χ1) is 7.82. The third-order valence-corrected chi connectivity index (χ3v) is 2.68. The standard InChI is InChI=1S/C11H18F2N2OS/c1-11(2,3)8-6-14-10(17)15(8)4-5-16-7-9(12)13/h6,9H,4-5,7H2,1-3H3,(H,14,17). The molecule has 0 aliphatic heterocycles. The number of halogens is 2. The van der Waals surface area contributed by atoms with Crippen LogP contribution in [0.4, 0.5) is 8.78 Å². The predicted octanol–water partition coefficient (Wildman–Crippen LogP) is 3.12. The molecule has 0 saturated carbocycles. The van der Waals surface area contributed by atoms with E-state index in [0.29, 0.717) is 11.3 Å². The van der Waals surface area contributed by atoms with E-state index < -0.39 is 13.0 Å². The number of hydrogen-bond donors (Lipinski definition) is 1. The number of H-pyrrole nitrogens is 1. The molecule has 0 aromatic carbocycles. The lowest BCUT2D eigenvalue weighted by atomic mass is 9.93. The van der Waals surface area contributed by atoms with Crippen LogP contribution in [0.15, 0.2) is 6.20 Å². The van der Waals surface area contributed by atoms with Gasteiger partial charge in [0, 0.05) is 23.9 Å². The van der Waals surface area contributed by atoms with Crippen LogP contribution < -0.4 is 0 Å². The SMILES string of the molecule is CC(C)(C)c1c[nH]c(=S)n1CCOCC(F)F. The van der Waals surface area contributed by atoms with Gasteiger partial charge < -0.3 is 14.3 Å². The molecule has 0 atom stereocenters. The quantitative estimate of drug-likeness (QED) is 0.654. The highest BCUT2D eigenvalue weighted by Crippen LogP contribution is 2.22. The minimum Gasteiger partial charge on any atom is -0.374 e. The lowest BCUT2D eigenvalue weighted by molar-refractivity contribution is 0.0144. The minimum absolute atomic E-state index is 0.0454. The topological polar surface area (TPSA) is 29.9 Å². The Labute approximate surface area is 105 Å². The van der Waals surface area contributed by atoms with Crippen LogP contribution in [0, 0.1) is 4.77 Å². The van der Waals surface area contributed by atoms with Crippen molar-refractivity contribution in [1.29, 1.82) is 0 Å². The molecule has 1 aromatic heterocycles. The summed E-state index contributed by atoms with van der Waals surface area (Å²) in [5.41, 5.74) is 0.999. The number of alkyl halides is 2. The predicted molar refractivity (Wildman–Crippen MR) is 65.1 cm³/mol. The molecule has 98 valence electrons. The van der Waals surface area contributed by atoms with Gasteiger partial charge in [-0.05, 0) is 12.2 Å². The maximum Gasteiger partial charge on any atom is 0.261 e. The summed E-state index contributed by atoms with van der Waals surface area (Å²) in [4.78, 5) is 2.97. The van der Waals surface area contributed by atoms with Crippen molar-refractivity contribution in [2.24, 2.45) is 0 Å². The maximum atomic E-state index is 11.9. The second-order valence-corrected chi connectivity index (χ2v) is 5.23. The van der Waals surface area contributed by atoms with E-state index in [1.165, 1.54) is 0 Å². The molecule has 6 heteroatoms. The van der Waals surface area contributed by atoms with Gasteiger partial charge in [-0.25, -0.2) is 8.78 Å². The zero-order valence-electron chi connectivity index (χ0n) is 10.3. The molecule has 1 aromatic rings. The average molecular weight is 264 g/mol. The molecule has 0 bridgehead atoms. The molecule has 0 unspecified atom stereocenters. The van der Waals surface area contributed by atoms with Crippen LogP contribution in [-0.4, -0.2) is 29.2 Å². The van der Waals surface area contributed by atoms with Crippen molar-refractivity contribution >= 4 is 12.2 Å². The second kappa shape index (κ2) is 5.73. The molecule has 1 rings (SSSR count). The Morgan fingerprint density at radius 2 is 2.12 bits per heavy atom. The van der Waals surface area contributed by atoms with Crippen LogP contribution >= 0.6 is 12.2 Å². The average Bonchev–Trinajstić information content (AvgIpc) is 2.54. The van der Waals surface area contributed by atoms with E-state index in [2.05, 4.69) is 25.8 Å². The number of nitrogens with one attached hydrogen (secondary N) is 1. The number of rotatable bonds is 5. The van der Waals surface area contributed by atoms with Crippen LogP contribution in [0.25, 0.3) is 0 Å². The minimum atomic E-state index is -2.42. The molecule has 17 heavy (non-hydrogen) atoms. The van der Waals surface area contributed by atoms with Crippen molar-refractivity contribution in [3.05, 3.63) is 16.7 Å². The van der Waals surface area contributed by atoms with Crippen molar-refractivity contribution in [3.8, 4) is 0 Å². The Morgan fingerprint density at radius 3 is 2.65 bits per heavy atom. The lowest BCUT2D eigenvalue weighted by Crippen LogP contribution is -2.20. The summed E-state index contributed by atoms with van der Waals surface area (Å²) in [6.07, 6.45) is -0.564. The van der Waals surface area contributed by atoms with E-state index in [1.54, 1.807) is 0 Å². The molecule has 0 radical (unpaired) electrons. The summed E-state index contributed by atoms with van der Waals surface area (Å²) in [7, 11) is 0. The monoisotopic (exact) mass is 264 g/mol. The molecule has 0 fully saturated rings. The van der Waals surface area contributed by atoms with Gasteiger partial charge in [0.25, 0.3) is 6.43 Å². The van der Waals surface area contributed by atoms with E-state index in [9.17, 15) is 8.78 Å². The van der Waals surface area contributed by atoms with Gasteiger partial charge in [0.1, 0.15) is 6.61 Å². The molecule has 0 aliphatic rings. The van der Waals surface area contributed by atoms with Gasteiger partial charge in [-0.2, -0.15) is 0 Å². The van der Waals surface area contributed by atoms with E-state index in [-0.39, 0.29) is 12.0 Å². The Hall–Kier alpha value is -0.750. The van der Waals surface area contributed by atoms with Gasteiger partial charge in [0.05, 0.1) is 6.61 Å². The molecular weight excluding hydrogens is 246 g/mol. The fourth-order valence-electron chi connectivity index (χ4n) is 1.57. The Kier molecular flexibility index (Phi) is 4.82. The van der Waals surface area contributed by atoms with Crippen LogP contribution in [0.2, 0.25) is 0 Å². The summed E-state index contributed by atoms with van der Waals surface area (Å²) in [6.45, 7) is 6.41. The van der Waals surface area contributed by atoms with Crippen LogP contribution in [-0.2, 0) is 16.7 Å². The fourth-order valence-corrected chi connectivity index (χ4v) is 1.82. The molecule has 1 N–H and O–H groups in total. The van der Waals surface area contributed by atoms with Gasteiger partial charge in [0.2, 0.25) is 0 Å². The number of aromatic nitrogens is 2. The van der Waals surface area contributed by atoms with Gasteiger partial charge >= 0.3 is 0 Å². The summed E-state index contributed by atoms with van der Waals surface area (Å²) in [6, 6.07) is 0. The summed E-state index contributed by atoms with van der Waals surface area (Å²) in [5.74, 6) is 0. The van der Waals surface area contributed by atoms with Gasteiger partial charge in [-0.3, -0.25) is 0 Å². The van der Waals surface area contributed by atoms with Gasteiger partial charge in [-0.1, -0.05) is 20.8 Å². The second-order valence-electron chi connectivity index (χ2n) is 4.85. The van der Waals surface area contributed by atoms with Crippen molar-refractivity contribution in [2.75, 3.05) is 13.2 Å². The highest BCUT2D eigenvalue weighted by atomic mass is 32.1. The maximum absolute atomic E-state index is 11.9. The van der Waals surface area contributed by atoms with Crippen LogP contribution in [0.3, 0.4) is 0 Å². The molecule has 0 aliphatic carbocycles. The molecule has 1 heterocycles. The highest BCUT2D eigenvalue weighted by Gasteiger charge is 2.19. The largest absolute Gasteiger partial charge is 0.374 e. The van der Waals surface area contributed by atoms with Gasteiger partial charge in [-0.15, -0.1) is 0 Å². The Bertz CT molecular complexity index is 406. The zero-order chi connectivity index (χ0) is 13.1. The first-order valence-electron chi connectivity index (χ1n) is 5.47. The van der Waals surface area contributed by atoms with Crippen LogP contribution in [0.1, 0.15) is 26.5 Å². The lowest BCUT2D eigenvalue weighted by Gasteiger charge is -2.20. The number of ether oxygens (including phenoxy) is 1. The van der Waals surface area contributed by atoms with E-state index in [0.717, 1.165) is 5.69 Å². The first-order valence-corrected chi connectivity index (χ1v) is 5.88. The number of hydrogen-bond acceptors (Lipinski definition) is 2. The van der Waals surface area contributed by atoms with E-state index in [1.807, 2.05) is 10.8 Å². The van der Waals surface area contributed by atoms with E-state index in [4.69, 9.17) is 17.0 Å². The van der Waals surface area contributed by atoms with E-state index >= 15 is 0 Å². The fraction of sp³-hybridized carbons (Fsp3) is 0.727. The summed E-state index contributed by atoms with van der Waals surface area (Å²) < 4.78 is 31.1. The molecule has 3 nitrogen and oxygen atoms in total. The molecule has 0 amide bonds. The highest BCUT2D eigenvalue weighted by molar-refractivity contribution is 7.71. The third-order valence-electron chi connectivity index (χ3n) is 2.34. The van der Waals surface area contributed by atoms with Crippen molar-refractivity contribution < 1.29 is 13.5 Å². The first kappa shape index (κ1) is 14.3. The molecule has 0 saturated heterocycles. The Balaban J connectivity index is 2.65. The summed E-state index contributed by atoms with van der Waals surface area (Å²) >= 11 is 5.15. The number of aromatic amines is 1. The normalized spacial score (nSPS) is 12.4. The Morgan fingerprint density at radius 1 is 1.47 bits per heavy atom. The number of imidazole rings is 1. The van der Waals surface area contributed by atoms with Crippen molar-refractivity contribution in [1.82, 2.24) is 9.55 Å². The smallest absolute Gasteiger partial charge is 0.261 e. The zero-order valence-corrected chi connectivity index (χ0v) is 11.1. The molecular formula is C11H18F2N2OS. The van der Waals surface area contributed by atoms with Crippen molar-refractivity contribution in [2.45, 2.75) is 39.2 Å². The van der Waals surface area contributed by atoms with Crippen LogP contribution in [0.5, 0.6) is 0 Å². The van der Waals surface area contributed by atoms with Crippen molar-refractivity contribution in [3.63, 3.8) is 0 Å². The summed E-state index contributed by atoms with van der Waals surface area (Å²) in [5, 5.41) is 0. The number of nitrogens with zero attached hydrogens (tertiary/aromatic N) is 1. The molecule has 0 spiro atoms.